The summed E-state index contributed by atoms with van der Waals surface area (Å²) in [5.74, 6) is -0.206. The van der Waals surface area contributed by atoms with Crippen molar-refractivity contribution in [2.45, 2.75) is 39.0 Å². The number of hydrogen-bond donors (Lipinski definition) is 2. The molecule has 5 heteroatoms. The van der Waals surface area contributed by atoms with Crippen molar-refractivity contribution in [1.82, 2.24) is 10.2 Å². The number of amides is 2. The number of rotatable bonds is 7. The SMILES string of the molecule is CCCN(CC(=O)O)C(=O)NCCC1CCC1. The molecule has 1 rings (SSSR count). The first-order valence-corrected chi connectivity index (χ1v) is 6.38. The van der Waals surface area contributed by atoms with Gasteiger partial charge in [0.05, 0.1) is 0 Å². The number of nitrogens with one attached hydrogen (secondary N) is 1. The van der Waals surface area contributed by atoms with E-state index in [2.05, 4.69) is 5.32 Å². The maximum atomic E-state index is 11.7. The number of hydrogen-bond acceptors (Lipinski definition) is 2. The Balaban J connectivity index is 2.22. The fraction of sp³-hybridized carbons (Fsp3) is 0.833. The Bertz CT molecular complexity index is 264. The van der Waals surface area contributed by atoms with E-state index in [4.69, 9.17) is 5.11 Å². The second-order valence-corrected chi connectivity index (χ2v) is 4.63. The van der Waals surface area contributed by atoms with E-state index in [0.717, 1.165) is 18.8 Å². The van der Waals surface area contributed by atoms with Crippen LogP contribution in [0.5, 0.6) is 0 Å². The summed E-state index contributed by atoms with van der Waals surface area (Å²) < 4.78 is 0. The Morgan fingerprint density at radius 3 is 2.59 bits per heavy atom. The lowest BCUT2D eigenvalue weighted by molar-refractivity contribution is -0.137. The van der Waals surface area contributed by atoms with E-state index in [1.807, 2.05) is 6.92 Å². The van der Waals surface area contributed by atoms with Crippen molar-refractivity contribution in [3.05, 3.63) is 0 Å². The maximum absolute atomic E-state index is 11.7. The standard InChI is InChI=1S/C12H22N2O3/c1-2-8-14(9-11(15)16)12(17)13-7-6-10-4-3-5-10/h10H,2-9H2,1H3,(H,13,17)(H,15,16). The summed E-state index contributed by atoms with van der Waals surface area (Å²) in [6.45, 7) is 2.85. The molecule has 17 heavy (non-hydrogen) atoms. The number of carbonyl (C=O) groups excluding carboxylic acids is 1. The van der Waals surface area contributed by atoms with Gasteiger partial charge in [-0.3, -0.25) is 4.79 Å². The molecule has 98 valence electrons. The van der Waals surface area contributed by atoms with Crippen LogP contribution in [0.15, 0.2) is 0 Å². The second-order valence-electron chi connectivity index (χ2n) is 4.63. The van der Waals surface area contributed by atoms with Crippen molar-refractivity contribution in [1.29, 1.82) is 0 Å². The molecule has 0 atom stereocenters. The highest BCUT2D eigenvalue weighted by Crippen LogP contribution is 2.28. The zero-order chi connectivity index (χ0) is 12.7. The molecule has 1 saturated carbocycles. The minimum atomic E-state index is -0.965. The van der Waals surface area contributed by atoms with E-state index in [0.29, 0.717) is 13.1 Å². The number of carboxylic acid groups (broad SMARTS) is 1. The normalized spacial score (nSPS) is 15.1. The predicted molar refractivity (Wildman–Crippen MR) is 64.9 cm³/mol. The first-order valence-electron chi connectivity index (χ1n) is 6.38. The van der Waals surface area contributed by atoms with Gasteiger partial charge in [0.25, 0.3) is 0 Å². The van der Waals surface area contributed by atoms with Crippen LogP contribution in [-0.2, 0) is 4.79 Å². The van der Waals surface area contributed by atoms with Gasteiger partial charge >= 0.3 is 12.0 Å². The van der Waals surface area contributed by atoms with Gasteiger partial charge in [-0.15, -0.1) is 0 Å². The highest BCUT2D eigenvalue weighted by Gasteiger charge is 2.19. The van der Waals surface area contributed by atoms with Crippen LogP contribution in [0.1, 0.15) is 39.0 Å². The molecule has 1 aliphatic rings. The van der Waals surface area contributed by atoms with E-state index in [-0.39, 0.29) is 12.6 Å². The van der Waals surface area contributed by atoms with Crippen LogP contribution >= 0.6 is 0 Å². The van der Waals surface area contributed by atoms with Crippen molar-refractivity contribution in [3.8, 4) is 0 Å². The van der Waals surface area contributed by atoms with E-state index in [1.54, 1.807) is 0 Å². The van der Waals surface area contributed by atoms with Gasteiger partial charge in [-0.2, -0.15) is 0 Å². The zero-order valence-electron chi connectivity index (χ0n) is 10.4. The van der Waals surface area contributed by atoms with Crippen molar-refractivity contribution in [3.63, 3.8) is 0 Å². The van der Waals surface area contributed by atoms with Crippen LogP contribution in [0.3, 0.4) is 0 Å². The number of urea groups is 1. The predicted octanol–water partition coefficient (Wildman–Crippen LogP) is 1.68. The fourth-order valence-electron chi connectivity index (χ4n) is 1.96. The van der Waals surface area contributed by atoms with Crippen molar-refractivity contribution in [2.24, 2.45) is 5.92 Å². The molecule has 0 aromatic rings. The summed E-state index contributed by atoms with van der Waals surface area (Å²) in [4.78, 5) is 23.7. The molecule has 0 saturated heterocycles. The Kier molecular flexibility index (Phi) is 5.80. The van der Waals surface area contributed by atoms with Crippen molar-refractivity contribution in [2.75, 3.05) is 19.6 Å². The van der Waals surface area contributed by atoms with Gasteiger partial charge in [0.1, 0.15) is 6.54 Å². The Morgan fingerprint density at radius 2 is 2.12 bits per heavy atom. The number of aliphatic carboxylic acids is 1. The van der Waals surface area contributed by atoms with Crippen LogP contribution in [-0.4, -0.2) is 41.6 Å². The molecule has 0 aromatic heterocycles. The van der Waals surface area contributed by atoms with Crippen LogP contribution in [0.4, 0.5) is 4.79 Å². The number of nitrogens with zero attached hydrogens (tertiary/aromatic N) is 1. The monoisotopic (exact) mass is 242 g/mol. The molecule has 0 spiro atoms. The third-order valence-electron chi connectivity index (χ3n) is 3.16. The van der Waals surface area contributed by atoms with E-state index in [1.165, 1.54) is 24.2 Å². The van der Waals surface area contributed by atoms with Gasteiger partial charge in [-0.05, 0) is 18.8 Å². The average Bonchev–Trinajstić information content (AvgIpc) is 2.20. The molecule has 0 heterocycles. The van der Waals surface area contributed by atoms with E-state index in [9.17, 15) is 9.59 Å². The Hall–Kier alpha value is -1.26. The molecule has 2 amide bonds. The quantitative estimate of drug-likeness (QED) is 0.713. The zero-order valence-corrected chi connectivity index (χ0v) is 10.4. The minimum absolute atomic E-state index is 0.219. The molecule has 0 aromatic carbocycles. The lowest BCUT2D eigenvalue weighted by Gasteiger charge is -2.26. The first-order chi connectivity index (χ1) is 8.13. The smallest absolute Gasteiger partial charge is 0.323 e. The maximum Gasteiger partial charge on any atom is 0.323 e. The molecule has 0 aliphatic heterocycles. The summed E-state index contributed by atoms with van der Waals surface area (Å²) in [5.41, 5.74) is 0. The molecular formula is C12H22N2O3. The molecule has 0 radical (unpaired) electrons. The van der Waals surface area contributed by atoms with Gasteiger partial charge in [-0.1, -0.05) is 26.2 Å². The molecular weight excluding hydrogens is 220 g/mol. The van der Waals surface area contributed by atoms with Crippen LogP contribution in [0.2, 0.25) is 0 Å². The lowest BCUT2D eigenvalue weighted by atomic mass is 9.83. The largest absolute Gasteiger partial charge is 0.480 e. The molecule has 1 aliphatic carbocycles. The van der Waals surface area contributed by atoms with Crippen LogP contribution in [0.25, 0.3) is 0 Å². The first kappa shape index (κ1) is 13.8. The Labute approximate surface area is 102 Å². The summed E-state index contributed by atoms with van der Waals surface area (Å²) in [6, 6.07) is -0.256. The number of carboxylic acids is 1. The van der Waals surface area contributed by atoms with Crippen LogP contribution in [0, 0.1) is 5.92 Å². The molecule has 0 bridgehead atoms. The molecule has 5 nitrogen and oxygen atoms in total. The minimum Gasteiger partial charge on any atom is -0.480 e. The summed E-state index contributed by atoms with van der Waals surface area (Å²) >= 11 is 0. The van der Waals surface area contributed by atoms with Crippen molar-refractivity contribution >= 4 is 12.0 Å². The number of carbonyl (C=O) groups is 2. The summed E-state index contributed by atoms with van der Waals surface area (Å²) in [5, 5.41) is 11.5. The molecule has 2 N–H and O–H groups in total. The van der Waals surface area contributed by atoms with Gasteiger partial charge < -0.3 is 15.3 Å². The summed E-state index contributed by atoms with van der Waals surface area (Å²) in [6.07, 6.45) is 5.62. The van der Waals surface area contributed by atoms with Gasteiger partial charge in [-0.25, -0.2) is 4.79 Å². The molecule has 1 fully saturated rings. The fourth-order valence-corrected chi connectivity index (χ4v) is 1.96. The summed E-state index contributed by atoms with van der Waals surface area (Å²) in [7, 11) is 0. The molecule has 0 unspecified atom stereocenters. The third-order valence-corrected chi connectivity index (χ3v) is 3.16. The van der Waals surface area contributed by atoms with E-state index < -0.39 is 5.97 Å². The highest BCUT2D eigenvalue weighted by atomic mass is 16.4. The van der Waals surface area contributed by atoms with Gasteiger partial charge in [0, 0.05) is 13.1 Å². The lowest BCUT2D eigenvalue weighted by Crippen LogP contribution is -2.43. The average molecular weight is 242 g/mol. The van der Waals surface area contributed by atoms with Crippen molar-refractivity contribution < 1.29 is 14.7 Å². The topological polar surface area (TPSA) is 69.6 Å². The van der Waals surface area contributed by atoms with Gasteiger partial charge in [0.15, 0.2) is 0 Å². The Morgan fingerprint density at radius 1 is 1.41 bits per heavy atom. The van der Waals surface area contributed by atoms with Crippen LogP contribution < -0.4 is 5.32 Å². The highest BCUT2D eigenvalue weighted by molar-refractivity contribution is 5.80. The van der Waals surface area contributed by atoms with Gasteiger partial charge in [0.2, 0.25) is 0 Å². The van der Waals surface area contributed by atoms with E-state index >= 15 is 0 Å². The third kappa shape index (κ3) is 5.06. The second kappa shape index (κ2) is 7.14.